The lowest BCUT2D eigenvalue weighted by atomic mass is 9.93. The predicted molar refractivity (Wildman–Crippen MR) is 112 cm³/mol. The smallest absolute Gasteiger partial charge is 0.228 e. The monoisotopic (exact) mass is 418 g/mol. The number of anilines is 1. The first-order valence-corrected chi connectivity index (χ1v) is 11.8. The number of likely N-dealkylation sites (tertiary alicyclic amines) is 1. The minimum atomic E-state index is -0.108. The molecule has 1 unspecified atom stereocenters. The zero-order chi connectivity index (χ0) is 20.2. The van der Waals surface area contributed by atoms with Gasteiger partial charge >= 0.3 is 0 Å². The molecule has 1 N–H and O–H groups in total. The predicted octanol–water partition coefficient (Wildman–Crippen LogP) is 2.50. The second-order valence-electron chi connectivity index (χ2n) is 8.47. The first-order valence-electron chi connectivity index (χ1n) is 10.9. The Kier molecular flexibility index (Phi) is 6.47. The summed E-state index contributed by atoms with van der Waals surface area (Å²) in [7, 11) is 0. The van der Waals surface area contributed by atoms with E-state index in [0.29, 0.717) is 42.9 Å². The standard InChI is InChI=1S/C21H30N4O3S/c26-18-9-5-11-25(18)21-23-17(14-29-21)12-19(27)24-10-4-6-15(13-24)20(28)22-16-7-2-1-3-8-16/h14-16H,1-13H2,(H,22,28). The van der Waals surface area contributed by atoms with Crippen molar-refractivity contribution in [3.05, 3.63) is 11.1 Å². The molecule has 1 aromatic heterocycles. The zero-order valence-electron chi connectivity index (χ0n) is 16.9. The molecule has 7 nitrogen and oxygen atoms in total. The van der Waals surface area contributed by atoms with Gasteiger partial charge in [-0.2, -0.15) is 0 Å². The third-order valence-electron chi connectivity index (χ3n) is 6.27. The summed E-state index contributed by atoms with van der Waals surface area (Å²) >= 11 is 1.42. The fourth-order valence-corrected chi connectivity index (χ4v) is 5.47. The maximum absolute atomic E-state index is 12.8. The molecule has 2 aliphatic heterocycles. The molecule has 1 aromatic rings. The summed E-state index contributed by atoms with van der Waals surface area (Å²) in [5, 5.41) is 5.78. The third kappa shape index (κ3) is 4.97. The number of thiazole rings is 1. The average molecular weight is 419 g/mol. The molecule has 158 valence electrons. The van der Waals surface area contributed by atoms with Crippen LogP contribution in [0.4, 0.5) is 5.13 Å². The second kappa shape index (κ2) is 9.24. The molecule has 0 spiro atoms. The maximum atomic E-state index is 12.8. The Balaban J connectivity index is 1.30. The Labute approximate surface area is 175 Å². The molecule has 3 fully saturated rings. The molecule has 3 heterocycles. The fourth-order valence-electron chi connectivity index (χ4n) is 4.60. The van der Waals surface area contributed by atoms with Crippen LogP contribution < -0.4 is 10.2 Å². The number of carbonyl (C=O) groups is 3. The lowest BCUT2D eigenvalue weighted by molar-refractivity contribution is -0.135. The van der Waals surface area contributed by atoms with Crippen LogP contribution in [0.5, 0.6) is 0 Å². The third-order valence-corrected chi connectivity index (χ3v) is 7.19. The number of nitrogens with zero attached hydrogens (tertiary/aromatic N) is 3. The molecule has 0 bridgehead atoms. The van der Waals surface area contributed by atoms with Crippen LogP contribution in [-0.4, -0.2) is 53.3 Å². The lowest BCUT2D eigenvalue weighted by Crippen LogP contribution is -2.48. The van der Waals surface area contributed by atoms with E-state index in [2.05, 4.69) is 10.3 Å². The Morgan fingerprint density at radius 2 is 1.93 bits per heavy atom. The number of carbonyl (C=O) groups excluding carboxylic acids is 3. The molecule has 4 rings (SSSR count). The van der Waals surface area contributed by atoms with E-state index in [4.69, 9.17) is 0 Å². The van der Waals surface area contributed by atoms with Gasteiger partial charge in [-0.05, 0) is 32.1 Å². The van der Waals surface area contributed by atoms with Gasteiger partial charge in [0.05, 0.1) is 18.0 Å². The van der Waals surface area contributed by atoms with Gasteiger partial charge in [0.15, 0.2) is 5.13 Å². The number of hydrogen-bond donors (Lipinski definition) is 1. The van der Waals surface area contributed by atoms with Crippen molar-refractivity contribution in [2.75, 3.05) is 24.5 Å². The normalized spacial score (nSPS) is 23.4. The van der Waals surface area contributed by atoms with E-state index in [1.165, 1.54) is 30.6 Å². The van der Waals surface area contributed by atoms with E-state index in [1.807, 2.05) is 10.3 Å². The summed E-state index contributed by atoms with van der Waals surface area (Å²) in [5.41, 5.74) is 0.712. The first-order chi connectivity index (χ1) is 14.1. The van der Waals surface area contributed by atoms with Crippen molar-refractivity contribution in [3.8, 4) is 0 Å². The molecular weight excluding hydrogens is 388 g/mol. The number of amides is 3. The van der Waals surface area contributed by atoms with Crippen LogP contribution in [0.15, 0.2) is 5.38 Å². The van der Waals surface area contributed by atoms with Crippen molar-refractivity contribution >= 4 is 34.2 Å². The Hall–Kier alpha value is -1.96. The van der Waals surface area contributed by atoms with Crippen molar-refractivity contribution in [2.45, 2.75) is 70.3 Å². The Morgan fingerprint density at radius 3 is 2.69 bits per heavy atom. The van der Waals surface area contributed by atoms with Crippen LogP contribution in [0.25, 0.3) is 0 Å². The summed E-state index contributed by atoms with van der Waals surface area (Å²) < 4.78 is 0. The van der Waals surface area contributed by atoms with Crippen LogP contribution in [-0.2, 0) is 20.8 Å². The second-order valence-corrected chi connectivity index (χ2v) is 9.31. The van der Waals surface area contributed by atoms with E-state index < -0.39 is 0 Å². The van der Waals surface area contributed by atoms with E-state index in [1.54, 1.807) is 4.90 Å². The van der Waals surface area contributed by atoms with Crippen molar-refractivity contribution in [1.29, 1.82) is 0 Å². The van der Waals surface area contributed by atoms with Crippen molar-refractivity contribution in [1.82, 2.24) is 15.2 Å². The highest BCUT2D eigenvalue weighted by molar-refractivity contribution is 7.14. The topological polar surface area (TPSA) is 82.6 Å². The molecule has 2 saturated heterocycles. The maximum Gasteiger partial charge on any atom is 0.228 e. The van der Waals surface area contributed by atoms with Gasteiger partial charge in [-0.1, -0.05) is 19.3 Å². The van der Waals surface area contributed by atoms with E-state index in [-0.39, 0.29) is 30.1 Å². The van der Waals surface area contributed by atoms with Gasteiger partial charge in [-0.3, -0.25) is 19.3 Å². The SMILES string of the molecule is O=C(NC1CCCCC1)C1CCCN(C(=O)Cc2csc(N3CCCC3=O)n2)C1. The number of aromatic nitrogens is 1. The average Bonchev–Trinajstić information content (AvgIpc) is 3.37. The Bertz CT molecular complexity index is 759. The van der Waals surface area contributed by atoms with Gasteiger partial charge in [0.2, 0.25) is 17.7 Å². The quantitative estimate of drug-likeness (QED) is 0.796. The Morgan fingerprint density at radius 1 is 1.10 bits per heavy atom. The van der Waals surface area contributed by atoms with E-state index in [0.717, 1.165) is 32.1 Å². The number of rotatable bonds is 5. The largest absolute Gasteiger partial charge is 0.353 e. The molecule has 3 aliphatic rings. The molecule has 0 aromatic carbocycles. The van der Waals surface area contributed by atoms with Crippen LogP contribution in [0, 0.1) is 5.92 Å². The fraction of sp³-hybridized carbons (Fsp3) is 0.714. The number of nitrogens with one attached hydrogen (secondary N) is 1. The summed E-state index contributed by atoms with van der Waals surface area (Å²) in [6.07, 6.45) is 9.19. The van der Waals surface area contributed by atoms with Crippen molar-refractivity contribution < 1.29 is 14.4 Å². The van der Waals surface area contributed by atoms with Gasteiger partial charge in [-0.15, -0.1) is 11.3 Å². The molecule has 8 heteroatoms. The molecule has 3 amide bonds. The van der Waals surface area contributed by atoms with Gasteiger partial charge in [0, 0.05) is 37.5 Å². The molecule has 0 radical (unpaired) electrons. The minimum Gasteiger partial charge on any atom is -0.353 e. The summed E-state index contributed by atoms with van der Waals surface area (Å²) in [6, 6.07) is 0.309. The molecular formula is C21H30N4O3S. The molecule has 1 aliphatic carbocycles. The first kappa shape index (κ1) is 20.3. The highest BCUT2D eigenvalue weighted by Gasteiger charge is 2.30. The molecule has 29 heavy (non-hydrogen) atoms. The van der Waals surface area contributed by atoms with Gasteiger partial charge in [-0.25, -0.2) is 4.98 Å². The van der Waals surface area contributed by atoms with Crippen LogP contribution in [0.3, 0.4) is 0 Å². The van der Waals surface area contributed by atoms with Gasteiger partial charge < -0.3 is 10.2 Å². The molecule has 1 saturated carbocycles. The summed E-state index contributed by atoms with van der Waals surface area (Å²) in [6.45, 7) is 1.91. The highest BCUT2D eigenvalue weighted by Crippen LogP contribution is 2.26. The zero-order valence-corrected chi connectivity index (χ0v) is 17.7. The minimum absolute atomic E-state index is 0.0183. The summed E-state index contributed by atoms with van der Waals surface area (Å²) in [5.74, 6) is 0.130. The van der Waals surface area contributed by atoms with Crippen LogP contribution >= 0.6 is 11.3 Å². The van der Waals surface area contributed by atoms with E-state index in [9.17, 15) is 14.4 Å². The lowest BCUT2D eigenvalue weighted by Gasteiger charge is -2.33. The van der Waals surface area contributed by atoms with Crippen LogP contribution in [0.2, 0.25) is 0 Å². The number of hydrogen-bond acceptors (Lipinski definition) is 5. The van der Waals surface area contributed by atoms with Crippen LogP contribution in [0.1, 0.15) is 63.5 Å². The van der Waals surface area contributed by atoms with Gasteiger partial charge in [0.1, 0.15) is 0 Å². The number of piperidine rings is 1. The van der Waals surface area contributed by atoms with E-state index >= 15 is 0 Å². The highest BCUT2D eigenvalue weighted by atomic mass is 32.1. The van der Waals surface area contributed by atoms with Crippen molar-refractivity contribution in [3.63, 3.8) is 0 Å². The summed E-state index contributed by atoms with van der Waals surface area (Å²) in [4.78, 5) is 45.4. The molecule has 1 atom stereocenters. The van der Waals surface area contributed by atoms with Gasteiger partial charge in [0.25, 0.3) is 0 Å². The van der Waals surface area contributed by atoms with Crippen molar-refractivity contribution in [2.24, 2.45) is 5.92 Å².